The number of amides is 1. The van der Waals surface area contributed by atoms with Crippen LogP contribution in [0.5, 0.6) is 5.75 Å². The Morgan fingerprint density at radius 1 is 1.36 bits per heavy atom. The summed E-state index contributed by atoms with van der Waals surface area (Å²) in [6.45, 7) is 13.6. The average Bonchev–Trinajstić information content (AvgIpc) is 2.69. The normalized spacial score (nSPS) is 23.8. The van der Waals surface area contributed by atoms with Crippen LogP contribution < -0.4 is 4.74 Å². The van der Waals surface area contributed by atoms with Crippen molar-refractivity contribution in [2.45, 2.75) is 39.7 Å². The molecule has 1 fully saturated rings. The first-order valence-electron chi connectivity index (χ1n) is 10.4. The van der Waals surface area contributed by atoms with Crippen LogP contribution in [0.2, 0.25) is 0 Å². The lowest BCUT2D eigenvalue weighted by molar-refractivity contribution is -0.140. The minimum Gasteiger partial charge on any atom is -0.489 e. The van der Waals surface area contributed by atoms with Crippen LogP contribution in [-0.4, -0.2) is 60.6 Å². The zero-order valence-corrected chi connectivity index (χ0v) is 17.7. The second-order valence-electron chi connectivity index (χ2n) is 8.37. The SMILES string of the molecule is C=CCOc1cc(C)c2c(c1C)[C@H](O)[C@H]([C@H](C)C(=O)N1CCN(C)CC1)CC2. The fourth-order valence-corrected chi connectivity index (χ4v) is 4.70. The first-order chi connectivity index (χ1) is 13.3. The van der Waals surface area contributed by atoms with Crippen molar-refractivity contribution in [1.29, 1.82) is 0 Å². The van der Waals surface area contributed by atoms with E-state index >= 15 is 0 Å². The number of carbonyl (C=O) groups excluding carboxylic acids is 1. The third kappa shape index (κ3) is 3.96. The second-order valence-corrected chi connectivity index (χ2v) is 8.37. The molecule has 0 aromatic heterocycles. The molecule has 5 nitrogen and oxygen atoms in total. The molecule has 2 aliphatic rings. The molecule has 0 saturated carbocycles. The fraction of sp³-hybridized carbons (Fsp3) is 0.609. The molecule has 28 heavy (non-hydrogen) atoms. The van der Waals surface area contributed by atoms with Gasteiger partial charge >= 0.3 is 0 Å². The van der Waals surface area contributed by atoms with Gasteiger partial charge in [0.1, 0.15) is 12.4 Å². The van der Waals surface area contributed by atoms with Gasteiger partial charge in [0, 0.05) is 38.0 Å². The molecule has 0 radical (unpaired) electrons. The largest absolute Gasteiger partial charge is 0.489 e. The summed E-state index contributed by atoms with van der Waals surface area (Å²) in [6, 6.07) is 2.06. The van der Waals surface area contributed by atoms with E-state index in [2.05, 4.69) is 31.5 Å². The van der Waals surface area contributed by atoms with E-state index < -0.39 is 6.10 Å². The van der Waals surface area contributed by atoms with E-state index in [1.54, 1.807) is 6.08 Å². The van der Waals surface area contributed by atoms with E-state index in [4.69, 9.17) is 4.74 Å². The molecular formula is C23H34N2O3. The van der Waals surface area contributed by atoms with Crippen LogP contribution in [0.25, 0.3) is 0 Å². The third-order valence-corrected chi connectivity index (χ3v) is 6.55. The molecule has 5 heteroatoms. The third-order valence-electron chi connectivity index (χ3n) is 6.55. The Labute approximate surface area is 169 Å². The lowest BCUT2D eigenvalue weighted by atomic mass is 9.72. The number of aliphatic hydroxyl groups excluding tert-OH is 1. The van der Waals surface area contributed by atoms with Gasteiger partial charge in [-0.05, 0) is 62.1 Å². The monoisotopic (exact) mass is 386 g/mol. The van der Waals surface area contributed by atoms with Gasteiger partial charge in [-0.15, -0.1) is 0 Å². The van der Waals surface area contributed by atoms with Crippen LogP contribution >= 0.6 is 0 Å². The summed E-state index contributed by atoms with van der Waals surface area (Å²) < 4.78 is 5.82. The van der Waals surface area contributed by atoms with Crippen molar-refractivity contribution >= 4 is 5.91 Å². The summed E-state index contributed by atoms with van der Waals surface area (Å²) in [5.41, 5.74) is 4.31. The van der Waals surface area contributed by atoms with Crippen LogP contribution in [0.4, 0.5) is 0 Å². The zero-order valence-electron chi connectivity index (χ0n) is 17.7. The summed E-state index contributed by atoms with van der Waals surface area (Å²) in [6.07, 6.45) is 2.82. The molecule has 154 valence electrons. The van der Waals surface area contributed by atoms with E-state index in [0.29, 0.717) is 6.61 Å². The maximum atomic E-state index is 13.1. The lowest BCUT2D eigenvalue weighted by Gasteiger charge is -2.39. The number of piperazine rings is 1. The predicted octanol–water partition coefficient (Wildman–Crippen LogP) is 2.87. The van der Waals surface area contributed by atoms with Gasteiger partial charge in [-0.1, -0.05) is 19.6 Å². The van der Waals surface area contributed by atoms with Crippen LogP contribution in [0, 0.1) is 25.7 Å². The first-order valence-corrected chi connectivity index (χ1v) is 10.4. The molecule has 1 aliphatic heterocycles. The van der Waals surface area contributed by atoms with Crippen molar-refractivity contribution < 1.29 is 14.6 Å². The minimum atomic E-state index is -0.638. The molecule has 1 aliphatic carbocycles. The first kappa shape index (κ1) is 20.9. The van der Waals surface area contributed by atoms with Crippen LogP contribution in [0.15, 0.2) is 18.7 Å². The van der Waals surface area contributed by atoms with E-state index in [9.17, 15) is 9.90 Å². The number of ether oxygens (including phenoxy) is 1. The van der Waals surface area contributed by atoms with Gasteiger partial charge in [0.05, 0.1) is 6.10 Å². The molecule has 0 bridgehead atoms. The number of aliphatic hydroxyl groups is 1. The lowest BCUT2D eigenvalue weighted by Crippen LogP contribution is -2.50. The van der Waals surface area contributed by atoms with Crippen LogP contribution in [0.3, 0.4) is 0 Å². The second kappa shape index (κ2) is 8.66. The summed E-state index contributed by atoms with van der Waals surface area (Å²) in [4.78, 5) is 17.3. The van der Waals surface area contributed by atoms with Crippen LogP contribution in [-0.2, 0) is 11.2 Å². The van der Waals surface area contributed by atoms with E-state index in [1.165, 1.54) is 5.56 Å². The van der Waals surface area contributed by atoms with Gasteiger partial charge in [0.25, 0.3) is 0 Å². The van der Waals surface area contributed by atoms with Crippen molar-refractivity contribution in [2.24, 2.45) is 11.8 Å². The number of hydrogen-bond acceptors (Lipinski definition) is 4. The number of nitrogens with zero attached hydrogens (tertiary/aromatic N) is 2. The summed E-state index contributed by atoms with van der Waals surface area (Å²) >= 11 is 0. The molecule has 1 saturated heterocycles. The Bertz CT molecular complexity index is 738. The molecule has 1 N–H and O–H groups in total. The number of carbonyl (C=O) groups is 1. The summed E-state index contributed by atoms with van der Waals surface area (Å²) in [7, 11) is 2.09. The smallest absolute Gasteiger partial charge is 0.225 e. The Morgan fingerprint density at radius 2 is 2.04 bits per heavy atom. The molecule has 1 aromatic carbocycles. The van der Waals surface area contributed by atoms with Crippen LogP contribution in [0.1, 0.15) is 41.7 Å². The highest BCUT2D eigenvalue weighted by molar-refractivity contribution is 5.79. The Morgan fingerprint density at radius 3 is 2.68 bits per heavy atom. The van der Waals surface area contributed by atoms with Crippen molar-refractivity contribution in [3.8, 4) is 5.75 Å². The van der Waals surface area contributed by atoms with E-state index in [0.717, 1.165) is 61.5 Å². The Balaban J connectivity index is 1.83. The molecule has 0 unspecified atom stereocenters. The Hall–Kier alpha value is -1.85. The molecule has 1 aromatic rings. The Kier molecular flexibility index (Phi) is 6.46. The van der Waals surface area contributed by atoms with Crippen molar-refractivity contribution in [3.63, 3.8) is 0 Å². The van der Waals surface area contributed by atoms with Gasteiger partial charge in [0.15, 0.2) is 0 Å². The highest BCUT2D eigenvalue weighted by atomic mass is 16.5. The number of fused-ring (bicyclic) bond motifs is 1. The van der Waals surface area contributed by atoms with Crippen molar-refractivity contribution in [2.75, 3.05) is 39.8 Å². The van der Waals surface area contributed by atoms with Gasteiger partial charge < -0.3 is 19.6 Å². The summed E-state index contributed by atoms with van der Waals surface area (Å²) in [5.74, 6) is 0.722. The number of hydrogen-bond donors (Lipinski definition) is 1. The summed E-state index contributed by atoms with van der Waals surface area (Å²) in [5, 5.41) is 11.3. The van der Waals surface area contributed by atoms with Gasteiger partial charge in [-0.25, -0.2) is 0 Å². The highest BCUT2D eigenvalue weighted by Gasteiger charge is 2.38. The molecule has 3 atom stereocenters. The molecule has 1 amide bonds. The quantitative estimate of drug-likeness (QED) is 0.791. The molecule has 0 spiro atoms. The van der Waals surface area contributed by atoms with Gasteiger partial charge in [0.2, 0.25) is 5.91 Å². The highest BCUT2D eigenvalue weighted by Crippen LogP contribution is 2.44. The van der Waals surface area contributed by atoms with Crippen molar-refractivity contribution in [1.82, 2.24) is 9.80 Å². The number of benzene rings is 1. The molecule has 1 heterocycles. The fourth-order valence-electron chi connectivity index (χ4n) is 4.70. The van der Waals surface area contributed by atoms with E-state index in [1.807, 2.05) is 18.7 Å². The number of aryl methyl sites for hydroxylation is 1. The topological polar surface area (TPSA) is 53.0 Å². The minimum absolute atomic E-state index is 0.0626. The van der Waals surface area contributed by atoms with Gasteiger partial charge in [-0.2, -0.15) is 0 Å². The van der Waals surface area contributed by atoms with Crippen molar-refractivity contribution in [3.05, 3.63) is 41.0 Å². The maximum Gasteiger partial charge on any atom is 0.225 e. The number of rotatable bonds is 5. The standard InChI is InChI=1S/C23H34N2O3/c1-6-13-28-20-14-15(2)18-7-8-19(22(26)21(18)17(20)4)16(3)23(27)25-11-9-24(5)10-12-25/h6,14,16,19,22,26H,1,7-13H2,2-5H3/t16-,19-,22+/m0/s1. The number of likely N-dealkylation sites (N-methyl/N-ethyl adjacent to an activating group) is 1. The predicted molar refractivity (Wildman–Crippen MR) is 112 cm³/mol. The van der Waals surface area contributed by atoms with E-state index in [-0.39, 0.29) is 17.7 Å². The average molecular weight is 387 g/mol. The maximum absolute atomic E-state index is 13.1. The zero-order chi connectivity index (χ0) is 20.4. The molecule has 3 rings (SSSR count). The molecular weight excluding hydrogens is 352 g/mol. The van der Waals surface area contributed by atoms with Gasteiger partial charge in [-0.3, -0.25) is 4.79 Å².